The Morgan fingerprint density at radius 3 is 1.95 bits per heavy atom. The van der Waals surface area contributed by atoms with Crippen LogP contribution >= 0.6 is 0 Å². The van der Waals surface area contributed by atoms with Crippen LogP contribution in [0.5, 0.6) is 0 Å². The molecule has 1 aliphatic rings. The molecular formula is C32H58N2O6. The number of carbonyl (C=O) groups excluding carboxylic acids is 4. The van der Waals surface area contributed by atoms with Crippen molar-refractivity contribution in [1.82, 2.24) is 10.4 Å². The lowest BCUT2D eigenvalue weighted by molar-refractivity contribution is -0.197. The smallest absolute Gasteiger partial charge is 0.333 e. The predicted octanol–water partition coefficient (Wildman–Crippen LogP) is 6.90. The molecule has 1 fully saturated rings. The topological polar surface area (TPSA) is 102 Å². The van der Waals surface area contributed by atoms with E-state index >= 15 is 0 Å². The lowest BCUT2D eigenvalue weighted by Gasteiger charge is -2.22. The Kier molecular flexibility index (Phi) is 20.5. The molecule has 0 aromatic rings. The molecule has 232 valence electrons. The Labute approximate surface area is 243 Å². The van der Waals surface area contributed by atoms with Crippen LogP contribution < -0.4 is 5.32 Å². The van der Waals surface area contributed by atoms with Crippen molar-refractivity contribution in [2.45, 2.75) is 143 Å². The molecule has 1 aliphatic heterocycles. The van der Waals surface area contributed by atoms with E-state index < -0.39 is 17.8 Å². The number of imide groups is 1. The Balaban J connectivity index is 2.20. The summed E-state index contributed by atoms with van der Waals surface area (Å²) in [5, 5.41) is 3.48. The number of hydroxylamine groups is 2. The van der Waals surface area contributed by atoms with Crippen LogP contribution in [-0.2, 0) is 28.8 Å². The summed E-state index contributed by atoms with van der Waals surface area (Å²) in [7, 11) is 0. The molecule has 0 aliphatic carbocycles. The van der Waals surface area contributed by atoms with Gasteiger partial charge in [0.05, 0.1) is 0 Å². The van der Waals surface area contributed by atoms with Crippen LogP contribution in [0.15, 0.2) is 0 Å². The van der Waals surface area contributed by atoms with Gasteiger partial charge in [-0.05, 0) is 49.9 Å². The van der Waals surface area contributed by atoms with Crippen molar-refractivity contribution in [3.63, 3.8) is 0 Å². The minimum absolute atomic E-state index is 0.0461. The van der Waals surface area contributed by atoms with Crippen molar-refractivity contribution in [3.05, 3.63) is 0 Å². The van der Waals surface area contributed by atoms with E-state index in [4.69, 9.17) is 9.57 Å². The second kappa shape index (κ2) is 22.7. The molecule has 0 spiro atoms. The van der Waals surface area contributed by atoms with Crippen molar-refractivity contribution >= 4 is 23.7 Å². The summed E-state index contributed by atoms with van der Waals surface area (Å²) >= 11 is 0. The number of hydrogen-bond acceptors (Lipinski definition) is 6. The van der Waals surface area contributed by atoms with E-state index in [2.05, 4.69) is 33.0 Å². The molecule has 8 nitrogen and oxygen atoms in total. The quantitative estimate of drug-likeness (QED) is 0.0953. The Morgan fingerprint density at radius 2 is 1.32 bits per heavy atom. The summed E-state index contributed by atoms with van der Waals surface area (Å²) in [5.74, 6) is 0.669. The second-order valence-corrected chi connectivity index (χ2v) is 11.5. The Hall–Kier alpha value is -1.96. The zero-order valence-electron chi connectivity index (χ0n) is 26.0. The lowest BCUT2D eigenvalue weighted by Crippen LogP contribution is -2.32. The molecule has 1 N–H and O–H groups in total. The van der Waals surface area contributed by atoms with E-state index in [0.29, 0.717) is 43.4 Å². The maximum atomic E-state index is 12.1. The van der Waals surface area contributed by atoms with Gasteiger partial charge in [0.1, 0.15) is 0 Å². The molecule has 0 radical (unpaired) electrons. The van der Waals surface area contributed by atoms with E-state index in [1.54, 1.807) is 0 Å². The monoisotopic (exact) mass is 566 g/mol. The van der Waals surface area contributed by atoms with Crippen molar-refractivity contribution in [3.8, 4) is 0 Å². The van der Waals surface area contributed by atoms with Crippen molar-refractivity contribution in [1.29, 1.82) is 0 Å². The number of ether oxygens (including phenoxy) is 1. The van der Waals surface area contributed by atoms with Crippen molar-refractivity contribution in [2.24, 2.45) is 17.8 Å². The third-order valence-corrected chi connectivity index (χ3v) is 8.13. The van der Waals surface area contributed by atoms with Gasteiger partial charge in [0.25, 0.3) is 11.8 Å². The van der Waals surface area contributed by atoms with E-state index in [9.17, 15) is 19.2 Å². The molecule has 1 rings (SSSR count). The molecule has 3 amide bonds. The largest absolute Gasteiger partial charge is 0.381 e. The maximum absolute atomic E-state index is 12.1. The zero-order valence-corrected chi connectivity index (χ0v) is 26.0. The summed E-state index contributed by atoms with van der Waals surface area (Å²) < 4.78 is 6.07. The van der Waals surface area contributed by atoms with Crippen LogP contribution in [0.25, 0.3) is 0 Å². The third kappa shape index (κ3) is 16.3. The average Bonchev–Trinajstić information content (AvgIpc) is 3.26. The number of nitrogens with zero attached hydrogens (tertiary/aromatic N) is 1. The molecule has 1 saturated heterocycles. The molecule has 3 unspecified atom stereocenters. The number of unbranched alkanes of at least 4 members (excludes halogenated alkanes) is 1. The Bertz CT molecular complexity index is 712. The van der Waals surface area contributed by atoms with Gasteiger partial charge in [0.2, 0.25) is 5.91 Å². The summed E-state index contributed by atoms with van der Waals surface area (Å²) in [6.45, 7) is 11.2. The Morgan fingerprint density at radius 1 is 0.750 bits per heavy atom. The summed E-state index contributed by atoms with van der Waals surface area (Å²) in [6.07, 6.45) is 16.5. The molecule has 0 aromatic heterocycles. The number of nitrogens with one attached hydrogen (secondary N) is 1. The van der Waals surface area contributed by atoms with Gasteiger partial charge in [-0.2, -0.15) is 0 Å². The van der Waals surface area contributed by atoms with Gasteiger partial charge in [-0.15, -0.1) is 5.06 Å². The number of amides is 3. The first-order chi connectivity index (χ1) is 19.3. The summed E-state index contributed by atoms with van der Waals surface area (Å²) in [5.41, 5.74) is 0. The first-order valence-electron chi connectivity index (χ1n) is 16.2. The zero-order chi connectivity index (χ0) is 29.6. The molecule has 0 saturated carbocycles. The highest BCUT2D eigenvalue weighted by Gasteiger charge is 2.32. The number of rotatable bonds is 25. The molecule has 0 aromatic carbocycles. The summed E-state index contributed by atoms with van der Waals surface area (Å²) in [4.78, 5) is 51.7. The lowest BCUT2D eigenvalue weighted by atomic mass is 9.87. The minimum atomic E-state index is -0.624. The molecular weight excluding hydrogens is 508 g/mol. The first kappa shape index (κ1) is 36.1. The van der Waals surface area contributed by atoms with E-state index in [1.807, 2.05) is 0 Å². The third-order valence-electron chi connectivity index (χ3n) is 8.13. The molecule has 40 heavy (non-hydrogen) atoms. The van der Waals surface area contributed by atoms with Gasteiger partial charge in [0, 0.05) is 45.4 Å². The van der Waals surface area contributed by atoms with Crippen LogP contribution in [-0.4, -0.2) is 48.5 Å². The highest BCUT2D eigenvalue weighted by atomic mass is 16.7. The van der Waals surface area contributed by atoms with E-state index in [-0.39, 0.29) is 25.2 Å². The van der Waals surface area contributed by atoms with Crippen LogP contribution in [0.4, 0.5) is 0 Å². The van der Waals surface area contributed by atoms with Crippen LogP contribution in [0, 0.1) is 17.8 Å². The fourth-order valence-corrected chi connectivity index (χ4v) is 5.50. The van der Waals surface area contributed by atoms with Crippen molar-refractivity contribution < 1.29 is 28.8 Å². The highest BCUT2D eigenvalue weighted by Crippen LogP contribution is 2.26. The summed E-state index contributed by atoms with van der Waals surface area (Å²) in [6, 6.07) is 0. The first-order valence-corrected chi connectivity index (χ1v) is 16.2. The maximum Gasteiger partial charge on any atom is 0.333 e. The molecule has 1 heterocycles. The van der Waals surface area contributed by atoms with Gasteiger partial charge in [-0.1, -0.05) is 85.5 Å². The van der Waals surface area contributed by atoms with Crippen molar-refractivity contribution in [2.75, 3.05) is 19.8 Å². The van der Waals surface area contributed by atoms with Crippen LogP contribution in [0.3, 0.4) is 0 Å². The van der Waals surface area contributed by atoms with Gasteiger partial charge in [-0.3, -0.25) is 14.4 Å². The van der Waals surface area contributed by atoms with Gasteiger partial charge >= 0.3 is 5.97 Å². The SMILES string of the molecule is CCCC(CC)CCCC(CCC(CC)CCC)COCCCNC(=O)CCCCC(=O)ON1C(=O)CCC1=O. The fraction of sp³-hybridized carbons (Fsp3) is 0.875. The second-order valence-electron chi connectivity index (χ2n) is 11.5. The van der Waals surface area contributed by atoms with Crippen LogP contribution in [0.2, 0.25) is 0 Å². The van der Waals surface area contributed by atoms with Crippen LogP contribution in [0.1, 0.15) is 143 Å². The number of hydrogen-bond donors (Lipinski definition) is 1. The minimum Gasteiger partial charge on any atom is -0.381 e. The molecule has 8 heteroatoms. The molecule has 0 bridgehead atoms. The van der Waals surface area contributed by atoms with Gasteiger partial charge in [0.15, 0.2) is 0 Å². The average molecular weight is 567 g/mol. The molecule has 3 atom stereocenters. The highest BCUT2D eigenvalue weighted by molar-refractivity contribution is 6.01. The van der Waals surface area contributed by atoms with E-state index in [1.165, 1.54) is 70.6 Å². The predicted molar refractivity (Wildman–Crippen MR) is 158 cm³/mol. The normalized spacial score (nSPS) is 15.8. The standard InChI is InChI=1S/C32H58N2O6/c1-5-13-26(7-3)15-11-16-28(20-19-27(8-4)14-6-2)25-39-24-12-23-33-29(35)17-9-10-18-32(38)40-34-30(36)21-22-31(34)37/h26-28H,5-25H2,1-4H3,(H,33,35). The number of carbonyl (C=O) groups is 4. The van der Waals surface area contributed by atoms with Gasteiger partial charge in [-0.25, -0.2) is 4.79 Å². The van der Waals surface area contributed by atoms with E-state index in [0.717, 1.165) is 24.9 Å². The van der Waals surface area contributed by atoms with Gasteiger partial charge < -0.3 is 14.9 Å². The fourth-order valence-electron chi connectivity index (χ4n) is 5.50.